The van der Waals surface area contributed by atoms with Gasteiger partial charge < -0.3 is 20.1 Å². The predicted octanol–water partition coefficient (Wildman–Crippen LogP) is 1.04. The van der Waals surface area contributed by atoms with Gasteiger partial charge in [0.2, 0.25) is 0 Å². The first-order valence-corrected chi connectivity index (χ1v) is 6.36. The molecular weight excluding hydrogens is 278 g/mol. The number of benzene rings is 1. The van der Waals surface area contributed by atoms with Crippen molar-refractivity contribution in [1.82, 2.24) is 4.98 Å². The van der Waals surface area contributed by atoms with Gasteiger partial charge in [0, 0.05) is 6.54 Å². The molecule has 0 atom stereocenters. The molecule has 0 radical (unpaired) electrons. The predicted molar refractivity (Wildman–Crippen MR) is 79.4 cm³/mol. The first-order chi connectivity index (χ1) is 9.58. The minimum atomic E-state index is -1.57. The third kappa shape index (κ3) is 3.87. The summed E-state index contributed by atoms with van der Waals surface area (Å²) in [5, 5.41) is 21.6. The molecule has 2 rings (SSSR count). The molecule has 3 N–H and O–H groups in total. The van der Waals surface area contributed by atoms with E-state index in [1.807, 2.05) is 24.3 Å². The standard InChI is InChI=1S/C13H14BClN2O3/c1-20-11-4-2-9(3-5-11)8-16-13-7-10(14(18)19)6-12(15)17-13/h2-7,18-19H,8H2,1H3,(H,16,17). The van der Waals surface area contributed by atoms with Crippen LogP contribution >= 0.6 is 11.6 Å². The molecule has 0 saturated heterocycles. The van der Waals surface area contributed by atoms with E-state index < -0.39 is 7.12 Å². The summed E-state index contributed by atoms with van der Waals surface area (Å²) in [5.74, 6) is 1.27. The van der Waals surface area contributed by atoms with Gasteiger partial charge in [-0.2, -0.15) is 0 Å². The lowest BCUT2D eigenvalue weighted by atomic mass is 9.81. The Morgan fingerprint density at radius 1 is 1.25 bits per heavy atom. The number of methoxy groups -OCH3 is 1. The second-order valence-electron chi connectivity index (χ2n) is 4.18. The van der Waals surface area contributed by atoms with E-state index in [-0.39, 0.29) is 5.15 Å². The Morgan fingerprint density at radius 2 is 1.95 bits per heavy atom. The summed E-state index contributed by atoms with van der Waals surface area (Å²) in [7, 11) is 0.0438. The highest BCUT2D eigenvalue weighted by molar-refractivity contribution is 6.59. The Labute approximate surface area is 122 Å². The number of nitrogens with one attached hydrogen (secondary N) is 1. The van der Waals surface area contributed by atoms with Gasteiger partial charge in [-0.15, -0.1) is 0 Å². The maximum atomic E-state index is 9.14. The molecule has 20 heavy (non-hydrogen) atoms. The topological polar surface area (TPSA) is 74.6 Å². The Balaban J connectivity index is 2.06. The molecule has 0 aliphatic carbocycles. The molecule has 104 valence electrons. The van der Waals surface area contributed by atoms with Crippen LogP contribution in [0.4, 0.5) is 5.82 Å². The van der Waals surface area contributed by atoms with Crippen molar-refractivity contribution in [3.63, 3.8) is 0 Å². The van der Waals surface area contributed by atoms with Crippen LogP contribution in [-0.2, 0) is 6.54 Å². The number of halogens is 1. The number of anilines is 1. The Morgan fingerprint density at radius 3 is 2.55 bits per heavy atom. The van der Waals surface area contributed by atoms with Crippen LogP contribution in [0.25, 0.3) is 0 Å². The van der Waals surface area contributed by atoms with Crippen molar-refractivity contribution >= 4 is 30.0 Å². The van der Waals surface area contributed by atoms with Gasteiger partial charge >= 0.3 is 7.12 Å². The molecule has 0 fully saturated rings. The summed E-state index contributed by atoms with van der Waals surface area (Å²) >= 11 is 5.83. The molecule has 0 unspecified atom stereocenters. The fourth-order valence-electron chi connectivity index (χ4n) is 1.69. The van der Waals surface area contributed by atoms with E-state index in [0.29, 0.717) is 17.8 Å². The van der Waals surface area contributed by atoms with Gasteiger partial charge in [-0.25, -0.2) is 4.98 Å². The maximum absolute atomic E-state index is 9.14. The first kappa shape index (κ1) is 14.6. The zero-order chi connectivity index (χ0) is 14.5. The Bertz CT molecular complexity index is 578. The number of pyridine rings is 1. The smallest absolute Gasteiger partial charge is 0.488 e. The molecule has 0 aliphatic heterocycles. The molecule has 0 amide bonds. The lowest BCUT2D eigenvalue weighted by Gasteiger charge is -2.09. The van der Waals surface area contributed by atoms with Gasteiger partial charge in [-0.3, -0.25) is 0 Å². The fourth-order valence-corrected chi connectivity index (χ4v) is 1.91. The van der Waals surface area contributed by atoms with Crippen LogP contribution < -0.4 is 15.5 Å². The van der Waals surface area contributed by atoms with Crippen LogP contribution in [0.1, 0.15) is 5.56 Å². The van der Waals surface area contributed by atoms with Crippen molar-refractivity contribution < 1.29 is 14.8 Å². The quantitative estimate of drug-likeness (QED) is 0.567. The number of hydrogen-bond acceptors (Lipinski definition) is 5. The number of nitrogens with zero attached hydrogens (tertiary/aromatic N) is 1. The van der Waals surface area contributed by atoms with E-state index in [9.17, 15) is 0 Å². The second-order valence-corrected chi connectivity index (χ2v) is 4.57. The van der Waals surface area contributed by atoms with Crippen molar-refractivity contribution in [2.45, 2.75) is 6.54 Å². The van der Waals surface area contributed by atoms with Crippen molar-refractivity contribution in [3.8, 4) is 5.75 Å². The molecule has 1 aromatic carbocycles. The second kappa shape index (κ2) is 6.61. The van der Waals surface area contributed by atoms with Crippen molar-refractivity contribution in [2.75, 3.05) is 12.4 Å². The molecule has 0 saturated carbocycles. The van der Waals surface area contributed by atoms with Crippen molar-refractivity contribution in [1.29, 1.82) is 0 Å². The highest BCUT2D eigenvalue weighted by Gasteiger charge is 2.13. The van der Waals surface area contributed by atoms with Gasteiger partial charge in [-0.1, -0.05) is 23.7 Å². The zero-order valence-corrected chi connectivity index (χ0v) is 11.6. The highest BCUT2D eigenvalue weighted by Crippen LogP contribution is 2.13. The summed E-state index contributed by atoms with van der Waals surface area (Å²) < 4.78 is 5.08. The highest BCUT2D eigenvalue weighted by atomic mass is 35.5. The van der Waals surface area contributed by atoms with Crippen LogP contribution in [0.2, 0.25) is 5.15 Å². The zero-order valence-electron chi connectivity index (χ0n) is 10.9. The molecule has 0 aliphatic rings. The van der Waals surface area contributed by atoms with Crippen LogP contribution in [0, 0.1) is 0 Å². The largest absolute Gasteiger partial charge is 0.497 e. The summed E-state index contributed by atoms with van der Waals surface area (Å²) in [6.07, 6.45) is 0. The average Bonchev–Trinajstić information content (AvgIpc) is 2.45. The minimum absolute atomic E-state index is 0.202. The molecule has 5 nitrogen and oxygen atoms in total. The van der Waals surface area contributed by atoms with E-state index in [0.717, 1.165) is 11.3 Å². The van der Waals surface area contributed by atoms with Crippen LogP contribution in [-0.4, -0.2) is 29.3 Å². The minimum Gasteiger partial charge on any atom is -0.497 e. The Hall–Kier alpha value is -1.76. The van der Waals surface area contributed by atoms with Crippen molar-refractivity contribution in [3.05, 3.63) is 47.1 Å². The van der Waals surface area contributed by atoms with E-state index in [1.54, 1.807) is 13.2 Å². The molecular formula is C13H14BClN2O3. The SMILES string of the molecule is COc1ccc(CNc2cc(B(O)O)cc(Cl)n2)cc1. The average molecular weight is 293 g/mol. The Kier molecular flexibility index (Phi) is 4.84. The molecule has 1 aromatic heterocycles. The van der Waals surface area contributed by atoms with E-state index >= 15 is 0 Å². The lowest BCUT2D eigenvalue weighted by Crippen LogP contribution is -2.30. The normalized spacial score (nSPS) is 10.2. The van der Waals surface area contributed by atoms with Gasteiger partial charge in [-0.05, 0) is 35.3 Å². The summed E-state index contributed by atoms with van der Waals surface area (Å²) in [6, 6.07) is 10.5. The van der Waals surface area contributed by atoms with Crippen molar-refractivity contribution in [2.24, 2.45) is 0 Å². The monoisotopic (exact) mass is 292 g/mol. The first-order valence-electron chi connectivity index (χ1n) is 5.99. The van der Waals surface area contributed by atoms with Gasteiger partial charge in [0.1, 0.15) is 16.7 Å². The van der Waals surface area contributed by atoms with E-state index in [2.05, 4.69) is 10.3 Å². The molecule has 1 heterocycles. The summed E-state index contributed by atoms with van der Waals surface area (Å²) in [6.45, 7) is 0.540. The third-order valence-electron chi connectivity index (χ3n) is 2.75. The summed E-state index contributed by atoms with van der Waals surface area (Å²) in [4.78, 5) is 4.07. The summed E-state index contributed by atoms with van der Waals surface area (Å²) in [5.41, 5.74) is 1.33. The molecule has 0 bridgehead atoms. The van der Waals surface area contributed by atoms with Crippen LogP contribution in [0.5, 0.6) is 5.75 Å². The maximum Gasteiger partial charge on any atom is 0.488 e. The van der Waals surface area contributed by atoms with E-state index in [4.69, 9.17) is 26.4 Å². The fraction of sp³-hybridized carbons (Fsp3) is 0.154. The lowest BCUT2D eigenvalue weighted by molar-refractivity contribution is 0.414. The van der Waals surface area contributed by atoms with E-state index in [1.165, 1.54) is 6.07 Å². The van der Waals surface area contributed by atoms with Gasteiger partial charge in [0.25, 0.3) is 0 Å². The van der Waals surface area contributed by atoms with Gasteiger partial charge in [0.15, 0.2) is 0 Å². The number of rotatable bonds is 5. The van der Waals surface area contributed by atoms with Crippen LogP contribution in [0.3, 0.4) is 0 Å². The molecule has 2 aromatic rings. The number of aromatic nitrogens is 1. The molecule has 7 heteroatoms. The van der Waals surface area contributed by atoms with Gasteiger partial charge in [0.05, 0.1) is 7.11 Å². The third-order valence-corrected chi connectivity index (χ3v) is 2.94. The van der Waals surface area contributed by atoms with Crippen LogP contribution in [0.15, 0.2) is 36.4 Å². The number of ether oxygens (including phenoxy) is 1. The molecule has 0 spiro atoms. The number of hydrogen-bond donors (Lipinski definition) is 3.